The van der Waals surface area contributed by atoms with Gasteiger partial charge in [0.1, 0.15) is 5.52 Å². The van der Waals surface area contributed by atoms with Crippen molar-refractivity contribution in [2.75, 3.05) is 5.32 Å². The van der Waals surface area contributed by atoms with Gasteiger partial charge in [0.2, 0.25) is 11.8 Å². The lowest BCUT2D eigenvalue weighted by molar-refractivity contribution is -0.123. The van der Waals surface area contributed by atoms with E-state index in [0.29, 0.717) is 5.89 Å². The lowest BCUT2D eigenvalue weighted by atomic mass is 9.95. The molecular formula is C20H22N2O2. The normalized spacial score (nSPS) is 11.7. The first-order chi connectivity index (χ1) is 11.4. The minimum atomic E-state index is -0.421. The summed E-state index contributed by atoms with van der Waals surface area (Å²) in [4.78, 5) is 16.6. The second-order valence-corrected chi connectivity index (χ2v) is 6.96. The first-order valence-corrected chi connectivity index (χ1v) is 8.18. The number of nitrogens with one attached hydrogen (secondary N) is 1. The van der Waals surface area contributed by atoms with Crippen molar-refractivity contribution in [2.45, 2.75) is 34.1 Å². The number of anilines is 1. The van der Waals surface area contributed by atoms with Crippen molar-refractivity contribution in [3.8, 4) is 11.5 Å². The molecule has 1 amide bonds. The van der Waals surface area contributed by atoms with Crippen molar-refractivity contribution >= 4 is 22.7 Å². The van der Waals surface area contributed by atoms with Crippen LogP contribution in [0.4, 0.5) is 5.69 Å². The predicted molar refractivity (Wildman–Crippen MR) is 96.9 cm³/mol. The Balaban J connectivity index is 1.84. The highest BCUT2D eigenvalue weighted by Gasteiger charge is 2.21. The molecule has 0 aliphatic heterocycles. The fourth-order valence-electron chi connectivity index (χ4n) is 2.33. The third-order valence-electron chi connectivity index (χ3n) is 3.93. The summed E-state index contributed by atoms with van der Waals surface area (Å²) in [5, 5.41) is 2.91. The number of carbonyl (C=O) groups excluding carboxylic acids is 1. The van der Waals surface area contributed by atoms with E-state index in [1.54, 1.807) is 0 Å². The van der Waals surface area contributed by atoms with Gasteiger partial charge in [-0.1, -0.05) is 33.8 Å². The van der Waals surface area contributed by atoms with Crippen LogP contribution in [0.1, 0.15) is 33.3 Å². The van der Waals surface area contributed by atoms with Crippen molar-refractivity contribution in [3.05, 3.63) is 48.0 Å². The lowest BCUT2D eigenvalue weighted by Crippen LogP contribution is -2.27. The zero-order valence-corrected chi connectivity index (χ0v) is 14.5. The number of benzene rings is 2. The van der Waals surface area contributed by atoms with Crippen LogP contribution in [0.2, 0.25) is 0 Å². The van der Waals surface area contributed by atoms with E-state index in [2.05, 4.69) is 29.4 Å². The predicted octanol–water partition coefficient (Wildman–Crippen LogP) is 5.04. The molecule has 24 heavy (non-hydrogen) atoms. The molecule has 0 spiro atoms. The Bertz CT molecular complexity index is 871. The summed E-state index contributed by atoms with van der Waals surface area (Å²) in [6.07, 6.45) is 0.973. The van der Waals surface area contributed by atoms with Gasteiger partial charge < -0.3 is 9.73 Å². The van der Waals surface area contributed by atoms with Crippen molar-refractivity contribution < 1.29 is 9.21 Å². The second kappa shape index (κ2) is 6.11. The smallest absolute Gasteiger partial charge is 0.229 e. The Morgan fingerprint density at radius 2 is 1.83 bits per heavy atom. The van der Waals surface area contributed by atoms with Crippen LogP contribution in [-0.4, -0.2) is 10.9 Å². The number of fused-ring (bicyclic) bond motifs is 1. The Hall–Kier alpha value is -2.62. The SMILES string of the molecule is CCc1ccc2oc(-c3ccc(NC(=O)C(C)(C)C)cc3)nc2c1. The van der Waals surface area contributed by atoms with Crippen molar-refractivity contribution in [1.29, 1.82) is 0 Å². The molecule has 0 unspecified atom stereocenters. The summed E-state index contributed by atoms with van der Waals surface area (Å²) in [5.74, 6) is 0.580. The number of aromatic nitrogens is 1. The maximum Gasteiger partial charge on any atom is 0.229 e. The summed E-state index contributed by atoms with van der Waals surface area (Å²) in [6.45, 7) is 7.78. The minimum Gasteiger partial charge on any atom is -0.436 e. The highest BCUT2D eigenvalue weighted by atomic mass is 16.3. The van der Waals surface area contributed by atoms with Gasteiger partial charge in [0, 0.05) is 16.7 Å². The maximum absolute atomic E-state index is 12.0. The molecule has 2 aromatic carbocycles. The summed E-state index contributed by atoms with van der Waals surface area (Å²) in [7, 11) is 0. The molecule has 0 saturated heterocycles. The average molecular weight is 322 g/mol. The van der Waals surface area contributed by atoms with Crippen LogP contribution in [0.25, 0.3) is 22.6 Å². The molecular weight excluding hydrogens is 300 g/mol. The molecule has 3 aromatic rings. The number of hydrogen-bond donors (Lipinski definition) is 1. The molecule has 0 aliphatic rings. The molecule has 1 heterocycles. The Morgan fingerprint density at radius 1 is 1.12 bits per heavy atom. The van der Waals surface area contributed by atoms with Gasteiger partial charge in [0.25, 0.3) is 0 Å². The lowest BCUT2D eigenvalue weighted by Gasteiger charge is -2.17. The minimum absolute atomic E-state index is 0.00999. The van der Waals surface area contributed by atoms with Gasteiger partial charge in [-0.15, -0.1) is 0 Å². The van der Waals surface area contributed by atoms with Gasteiger partial charge in [-0.25, -0.2) is 4.98 Å². The molecule has 4 heteroatoms. The molecule has 0 radical (unpaired) electrons. The molecule has 3 rings (SSSR count). The number of nitrogens with zero attached hydrogens (tertiary/aromatic N) is 1. The first kappa shape index (κ1) is 16.2. The topological polar surface area (TPSA) is 55.1 Å². The fraction of sp³-hybridized carbons (Fsp3) is 0.300. The van der Waals surface area contributed by atoms with Gasteiger partial charge in [0.05, 0.1) is 0 Å². The molecule has 1 aromatic heterocycles. The third-order valence-corrected chi connectivity index (χ3v) is 3.93. The summed E-state index contributed by atoms with van der Waals surface area (Å²) >= 11 is 0. The van der Waals surface area contributed by atoms with Crippen LogP contribution in [0.15, 0.2) is 46.9 Å². The van der Waals surface area contributed by atoms with Gasteiger partial charge in [-0.2, -0.15) is 0 Å². The van der Waals surface area contributed by atoms with Gasteiger partial charge in [-0.05, 0) is 48.4 Å². The Labute approximate surface area is 141 Å². The highest BCUT2D eigenvalue weighted by molar-refractivity contribution is 5.94. The van der Waals surface area contributed by atoms with E-state index in [4.69, 9.17) is 4.42 Å². The standard InChI is InChI=1S/C20H22N2O2/c1-5-13-6-11-17-16(12-13)22-18(24-17)14-7-9-15(10-8-14)21-19(23)20(2,3)4/h6-12H,5H2,1-4H3,(H,21,23). The van der Waals surface area contributed by atoms with E-state index in [-0.39, 0.29) is 5.91 Å². The molecule has 0 atom stereocenters. The van der Waals surface area contributed by atoms with Crippen molar-refractivity contribution in [2.24, 2.45) is 5.41 Å². The van der Waals surface area contributed by atoms with E-state index in [1.165, 1.54) is 5.56 Å². The van der Waals surface area contributed by atoms with E-state index in [0.717, 1.165) is 28.8 Å². The number of rotatable bonds is 3. The van der Waals surface area contributed by atoms with E-state index in [9.17, 15) is 4.79 Å². The summed E-state index contributed by atoms with van der Waals surface area (Å²) in [5.41, 5.74) is 4.13. The fourth-order valence-corrected chi connectivity index (χ4v) is 2.33. The van der Waals surface area contributed by atoms with Crippen LogP contribution in [-0.2, 0) is 11.2 Å². The molecule has 0 aliphatic carbocycles. The Kier molecular flexibility index (Phi) is 4.14. The molecule has 0 fully saturated rings. The van der Waals surface area contributed by atoms with Crippen molar-refractivity contribution in [1.82, 2.24) is 4.98 Å². The maximum atomic E-state index is 12.0. The van der Waals surface area contributed by atoms with Crippen LogP contribution < -0.4 is 5.32 Å². The number of aryl methyl sites for hydroxylation is 1. The molecule has 0 saturated carbocycles. The van der Waals surface area contributed by atoms with Crippen LogP contribution in [0.3, 0.4) is 0 Å². The van der Waals surface area contributed by atoms with Crippen molar-refractivity contribution in [3.63, 3.8) is 0 Å². The van der Waals surface area contributed by atoms with E-state index in [1.807, 2.05) is 51.1 Å². The largest absolute Gasteiger partial charge is 0.436 e. The number of carbonyl (C=O) groups is 1. The zero-order valence-electron chi connectivity index (χ0n) is 14.5. The monoisotopic (exact) mass is 322 g/mol. The molecule has 1 N–H and O–H groups in total. The first-order valence-electron chi connectivity index (χ1n) is 8.18. The quantitative estimate of drug-likeness (QED) is 0.735. The highest BCUT2D eigenvalue weighted by Crippen LogP contribution is 2.26. The summed E-state index contributed by atoms with van der Waals surface area (Å²) in [6, 6.07) is 13.6. The van der Waals surface area contributed by atoms with Gasteiger partial charge in [-0.3, -0.25) is 4.79 Å². The third kappa shape index (κ3) is 3.32. The van der Waals surface area contributed by atoms with Gasteiger partial charge >= 0.3 is 0 Å². The number of oxazole rings is 1. The second-order valence-electron chi connectivity index (χ2n) is 6.96. The van der Waals surface area contributed by atoms with Crippen LogP contribution >= 0.6 is 0 Å². The molecule has 124 valence electrons. The van der Waals surface area contributed by atoms with Crippen LogP contribution in [0.5, 0.6) is 0 Å². The van der Waals surface area contributed by atoms with Crippen LogP contribution in [0, 0.1) is 5.41 Å². The average Bonchev–Trinajstić information content (AvgIpc) is 2.97. The molecule has 0 bridgehead atoms. The number of hydrogen-bond acceptors (Lipinski definition) is 3. The Morgan fingerprint density at radius 3 is 2.46 bits per heavy atom. The number of amides is 1. The van der Waals surface area contributed by atoms with E-state index >= 15 is 0 Å². The zero-order chi connectivity index (χ0) is 17.3. The summed E-state index contributed by atoms with van der Waals surface area (Å²) < 4.78 is 5.83. The van der Waals surface area contributed by atoms with E-state index < -0.39 is 5.41 Å². The van der Waals surface area contributed by atoms with Gasteiger partial charge in [0.15, 0.2) is 5.58 Å². The molecule has 4 nitrogen and oxygen atoms in total.